The van der Waals surface area contributed by atoms with E-state index >= 15 is 0 Å². The predicted octanol–water partition coefficient (Wildman–Crippen LogP) is 3.11. The second kappa shape index (κ2) is 4.99. The highest BCUT2D eigenvalue weighted by atomic mass is 19.1. The number of hydrogen-bond donors (Lipinski definition) is 1. The van der Waals surface area contributed by atoms with Crippen molar-refractivity contribution in [2.45, 2.75) is 11.8 Å². The summed E-state index contributed by atoms with van der Waals surface area (Å²) in [5, 5.41) is 19.2. The summed E-state index contributed by atoms with van der Waals surface area (Å²) in [5.74, 6) is 0. The van der Waals surface area contributed by atoms with Crippen LogP contribution in [0.25, 0.3) is 0 Å². The number of nitriles is 1. The summed E-state index contributed by atoms with van der Waals surface area (Å²) in [6, 6.07) is 17.9. The Morgan fingerprint density at radius 1 is 1.00 bits per heavy atom. The van der Waals surface area contributed by atoms with Crippen LogP contribution in [0.2, 0.25) is 0 Å². The molecule has 18 heavy (non-hydrogen) atoms. The van der Waals surface area contributed by atoms with E-state index < -0.39 is 11.8 Å². The highest BCUT2D eigenvalue weighted by molar-refractivity contribution is 5.34. The van der Waals surface area contributed by atoms with Crippen molar-refractivity contribution in [2.75, 3.05) is 0 Å². The zero-order valence-electron chi connectivity index (χ0n) is 9.62. The van der Waals surface area contributed by atoms with E-state index in [-0.39, 0.29) is 5.56 Å². The fourth-order valence-electron chi connectivity index (χ4n) is 1.83. The van der Waals surface area contributed by atoms with Gasteiger partial charge in [-0.25, -0.2) is 4.39 Å². The van der Waals surface area contributed by atoms with Crippen molar-refractivity contribution in [3.63, 3.8) is 0 Å². The van der Waals surface area contributed by atoms with Gasteiger partial charge in [-0.3, -0.25) is 0 Å². The number of alkyl halides is 1. The summed E-state index contributed by atoms with van der Waals surface area (Å²) in [6.45, 7) is 0. The van der Waals surface area contributed by atoms with E-state index in [1.54, 1.807) is 54.6 Å². The Morgan fingerprint density at radius 2 is 1.50 bits per heavy atom. The standard InChI is InChI=1S/C15H12FNO/c16-15(11-17,13-9-5-2-6-10-13)14(18)12-7-3-1-4-8-12/h1-10,14,18H/t14-,15-/m0/s1. The highest BCUT2D eigenvalue weighted by Gasteiger charge is 2.41. The molecular weight excluding hydrogens is 229 g/mol. The number of halogens is 1. The van der Waals surface area contributed by atoms with Crippen LogP contribution in [0, 0.1) is 11.3 Å². The van der Waals surface area contributed by atoms with E-state index in [9.17, 15) is 9.50 Å². The van der Waals surface area contributed by atoms with Crippen LogP contribution in [0.3, 0.4) is 0 Å². The predicted molar refractivity (Wildman–Crippen MR) is 66.2 cm³/mol. The number of benzene rings is 2. The molecule has 0 saturated heterocycles. The molecule has 2 aromatic carbocycles. The van der Waals surface area contributed by atoms with Crippen LogP contribution in [-0.4, -0.2) is 5.11 Å². The third-order valence-electron chi connectivity index (χ3n) is 2.85. The molecule has 0 aliphatic carbocycles. The van der Waals surface area contributed by atoms with Gasteiger partial charge in [0.2, 0.25) is 0 Å². The number of rotatable bonds is 3. The van der Waals surface area contributed by atoms with Gasteiger partial charge in [0.05, 0.1) is 0 Å². The Kier molecular flexibility index (Phi) is 3.40. The summed E-state index contributed by atoms with van der Waals surface area (Å²) in [5.41, 5.74) is -1.91. The SMILES string of the molecule is N#C[C@](F)(c1ccccc1)[C@@H](O)c1ccccc1. The first kappa shape index (κ1) is 12.3. The van der Waals surface area contributed by atoms with Crippen LogP contribution in [0.5, 0.6) is 0 Å². The first-order valence-electron chi connectivity index (χ1n) is 5.57. The quantitative estimate of drug-likeness (QED) is 0.897. The van der Waals surface area contributed by atoms with Gasteiger partial charge >= 0.3 is 0 Å². The van der Waals surface area contributed by atoms with Gasteiger partial charge in [0, 0.05) is 5.56 Å². The lowest BCUT2D eigenvalue weighted by molar-refractivity contribution is 0.0267. The maximum absolute atomic E-state index is 14.7. The zero-order valence-corrected chi connectivity index (χ0v) is 9.62. The maximum atomic E-state index is 14.7. The number of aliphatic hydroxyl groups is 1. The number of nitrogens with zero attached hydrogens (tertiary/aromatic N) is 1. The molecule has 2 atom stereocenters. The third-order valence-corrected chi connectivity index (χ3v) is 2.85. The molecule has 0 aliphatic heterocycles. The van der Waals surface area contributed by atoms with E-state index in [2.05, 4.69) is 0 Å². The number of aliphatic hydroxyl groups excluding tert-OH is 1. The Balaban J connectivity index is 2.43. The third kappa shape index (κ3) is 2.11. The molecule has 0 heterocycles. The van der Waals surface area contributed by atoms with Crippen LogP contribution in [0.4, 0.5) is 4.39 Å². The van der Waals surface area contributed by atoms with Crippen molar-refractivity contribution in [2.24, 2.45) is 0 Å². The van der Waals surface area contributed by atoms with Gasteiger partial charge in [0.15, 0.2) is 0 Å². The van der Waals surface area contributed by atoms with Gasteiger partial charge < -0.3 is 5.11 Å². The summed E-state index contributed by atoms with van der Waals surface area (Å²) >= 11 is 0. The molecule has 2 rings (SSSR count). The molecule has 0 bridgehead atoms. The fraction of sp³-hybridized carbons (Fsp3) is 0.133. The minimum Gasteiger partial charge on any atom is -0.383 e. The van der Waals surface area contributed by atoms with Crippen LogP contribution in [-0.2, 0) is 5.67 Å². The second-order valence-corrected chi connectivity index (χ2v) is 4.00. The van der Waals surface area contributed by atoms with Crippen LogP contribution in [0.15, 0.2) is 60.7 Å². The average molecular weight is 241 g/mol. The second-order valence-electron chi connectivity index (χ2n) is 4.00. The summed E-state index contributed by atoms with van der Waals surface area (Å²) in [6.07, 6.45) is -1.51. The molecule has 0 amide bonds. The van der Waals surface area contributed by atoms with E-state index in [1.165, 1.54) is 12.1 Å². The van der Waals surface area contributed by atoms with Gasteiger partial charge in [0.1, 0.15) is 12.2 Å². The topological polar surface area (TPSA) is 44.0 Å². The van der Waals surface area contributed by atoms with Gasteiger partial charge in [-0.2, -0.15) is 5.26 Å². The molecule has 0 unspecified atom stereocenters. The van der Waals surface area contributed by atoms with Crippen molar-refractivity contribution in [3.8, 4) is 6.07 Å². The first-order chi connectivity index (χ1) is 8.68. The van der Waals surface area contributed by atoms with E-state index in [0.29, 0.717) is 5.56 Å². The van der Waals surface area contributed by atoms with Crippen molar-refractivity contribution >= 4 is 0 Å². The highest BCUT2D eigenvalue weighted by Crippen LogP contribution is 2.38. The Hall–Kier alpha value is -2.18. The van der Waals surface area contributed by atoms with E-state index in [0.717, 1.165) is 0 Å². The van der Waals surface area contributed by atoms with Crippen molar-refractivity contribution in [1.82, 2.24) is 0 Å². The maximum Gasteiger partial charge on any atom is 0.250 e. The Morgan fingerprint density at radius 3 is 2.00 bits per heavy atom. The largest absolute Gasteiger partial charge is 0.383 e. The smallest absolute Gasteiger partial charge is 0.250 e. The molecule has 0 saturated carbocycles. The Labute approximate surface area is 105 Å². The Bertz CT molecular complexity index is 550. The molecule has 0 aromatic heterocycles. The molecule has 1 N–H and O–H groups in total. The van der Waals surface area contributed by atoms with Gasteiger partial charge in [-0.1, -0.05) is 60.7 Å². The molecular formula is C15H12FNO. The van der Waals surface area contributed by atoms with Crippen molar-refractivity contribution in [3.05, 3.63) is 71.8 Å². The molecule has 2 aromatic rings. The summed E-state index contributed by atoms with van der Waals surface area (Å²) < 4.78 is 14.7. The van der Waals surface area contributed by atoms with Crippen molar-refractivity contribution in [1.29, 1.82) is 5.26 Å². The normalized spacial score (nSPS) is 15.4. The number of hydrogen-bond acceptors (Lipinski definition) is 2. The molecule has 0 aliphatic rings. The van der Waals surface area contributed by atoms with E-state index in [1.807, 2.05) is 0 Å². The monoisotopic (exact) mass is 241 g/mol. The van der Waals surface area contributed by atoms with Crippen molar-refractivity contribution < 1.29 is 9.50 Å². The fourth-order valence-corrected chi connectivity index (χ4v) is 1.83. The lowest BCUT2D eigenvalue weighted by Gasteiger charge is -2.24. The minimum atomic E-state index is -2.44. The van der Waals surface area contributed by atoms with Gasteiger partial charge in [0.25, 0.3) is 5.67 Å². The average Bonchev–Trinajstić information content (AvgIpc) is 2.47. The van der Waals surface area contributed by atoms with Crippen LogP contribution < -0.4 is 0 Å². The van der Waals surface area contributed by atoms with Gasteiger partial charge in [-0.05, 0) is 5.56 Å². The van der Waals surface area contributed by atoms with Crippen LogP contribution >= 0.6 is 0 Å². The minimum absolute atomic E-state index is 0.156. The lowest BCUT2D eigenvalue weighted by atomic mass is 9.87. The van der Waals surface area contributed by atoms with E-state index in [4.69, 9.17) is 5.26 Å². The summed E-state index contributed by atoms with van der Waals surface area (Å²) in [7, 11) is 0. The molecule has 90 valence electrons. The summed E-state index contributed by atoms with van der Waals surface area (Å²) in [4.78, 5) is 0. The molecule has 0 fully saturated rings. The molecule has 0 radical (unpaired) electrons. The molecule has 2 nitrogen and oxygen atoms in total. The lowest BCUT2D eigenvalue weighted by Crippen LogP contribution is -2.27. The zero-order chi connectivity index (χ0) is 13.0. The first-order valence-corrected chi connectivity index (χ1v) is 5.57. The molecule has 0 spiro atoms. The molecule has 3 heteroatoms. The van der Waals surface area contributed by atoms with Gasteiger partial charge in [-0.15, -0.1) is 0 Å². The van der Waals surface area contributed by atoms with Crippen LogP contribution in [0.1, 0.15) is 17.2 Å².